The molecule has 3 heteroatoms. The van der Waals surface area contributed by atoms with Crippen LogP contribution >= 0.6 is 0 Å². The number of H-pyrrole nitrogens is 1. The highest BCUT2D eigenvalue weighted by atomic mass is 15.7. The summed E-state index contributed by atoms with van der Waals surface area (Å²) in [5.41, 5.74) is 6.87. The summed E-state index contributed by atoms with van der Waals surface area (Å²) in [6, 6.07) is 18.0. The summed E-state index contributed by atoms with van der Waals surface area (Å²) in [5, 5.41) is 6.50. The molecule has 128 valence electrons. The van der Waals surface area contributed by atoms with Gasteiger partial charge in [0.2, 0.25) is 0 Å². The van der Waals surface area contributed by atoms with Crippen molar-refractivity contribution in [2.24, 2.45) is 0 Å². The van der Waals surface area contributed by atoms with Crippen LogP contribution in [0.4, 0.5) is 5.69 Å². The monoisotopic (exact) mass is 331 g/mol. The Hall–Kier alpha value is -2.26. The molecule has 0 bridgehead atoms. The van der Waals surface area contributed by atoms with Gasteiger partial charge in [-0.25, -0.2) is 5.01 Å². The van der Waals surface area contributed by atoms with Gasteiger partial charge in [0.1, 0.15) is 0 Å². The predicted octanol–water partition coefficient (Wildman–Crippen LogP) is 5.15. The van der Waals surface area contributed by atoms with E-state index in [1.807, 2.05) is 0 Å². The quantitative estimate of drug-likeness (QED) is 0.701. The van der Waals surface area contributed by atoms with Gasteiger partial charge in [-0.2, -0.15) is 0 Å². The van der Waals surface area contributed by atoms with E-state index in [1.54, 1.807) is 0 Å². The molecule has 0 amide bonds. The lowest BCUT2D eigenvalue weighted by Gasteiger charge is -2.37. The summed E-state index contributed by atoms with van der Waals surface area (Å²) in [5.74, 6) is 0.476. The number of hydrogen-bond donors (Lipinski definition) is 1. The highest BCUT2D eigenvalue weighted by Gasteiger charge is 2.41. The average Bonchev–Trinajstić information content (AvgIpc) is 3.33. The third kappa shape index (κ3) is 2.15. The minimum absolute atomic E-state index is 0.350. The van der Waals surface area contributed by atoms with Gasteiger partial charge in [-0.3, -0.25) is 5.01 Å². The van der Waals surface area contributed by atoms with Crippen molar-refractivity contribution in [3.8, 4) is 0 Å². The number of hydrogen-bond acceptors (Lipinski definition) is 2. The number of fused-ring (bicyclic) bond motifs is 2. The molecule has 2 aliphatic rings. The number of aryl methyl sites for hydroxylation is 1. The van der Waals surface area contributed by atoms with E-state index in [1.165, 1.54) is 46.3 Å². The summed E-state index contributed by atoms with van der Waals surface area (Å²) in [7, 11) is 0. The van der Waals surface area contributed by atoms with Crippen LogP contribution in [0.15, 0.2) is 48.5 Å². The number of rotatable bonds is 2. The van der Waals surface area contributed by atoms with Gasteiger partial charge in [-0.1, -0.05) is 43.3 Å². The van der Waals surface area contributed by atoms with Crippen LogP contribution in [0.3, 0.4) is 0 Å². The lowest BCUT2D eigenvalue weighted by atomic mass is 9.93. The van der Waals surface area contributed by atoms with Gasteiger partial charge in [0.05, 0.1) is 11.7 Å². The fourth-order valence-corrected chi connectivity index (χ4v) is 4.83. The van der Waals surface area contributed by atoms with Gasteiger partial charge in [-0.15, -0.1) is 0 Å². The first kappa shape index (κ1) is 15.0. The molecule has 1 saturated heterocycles. The van der Waals surface area contributed by atoms with Gasteiger partial charge in [0, 0.05) is 35.6 Å². The molecule has 2 aliphatic heterocycles. The van der Waals surface area contributed by atoms with Gasteiger partial charge < -0.3 is 4.98 Å². The topological polar surface area (TPSA) is 22.3 Å². The Morgan fingerprint density at radius 3 is 2.48 bits per heavy atom. The number of hydrazine groups is 1. The summed E-state index contributed by atoms with van der Waals surface area (Å²) in [6.07, 6.45) is 2.59. The molecule has 3 heterocycles. The maximum absolute atomic E-state index is 3.76. The molecule has 25 heavy (non-hydrogen) atoms. The standard InChI is InChI=1S/C22H25N3/c1-15-17-9-3-5-11-19(17)23-21(15)22-16(2)18-10-4-6-12-20(18)25(22)24-13-7-8-14-24/h3-6,9-12,16,22-23H,7-8,13-14H2,1-2H3. The van der Waals surface area contributed by atoms with Gasteiger partial charge in [-0.05, 0) is 43.0 Å². The summed E-state index contributed by atoms with van der Waals surface area (Å²) in [6.45, 7) is 6.98. The molecule has 2 atom stereocenters. The van der Waals surface area contributed by atoms with Crippen LogP contribution < -0.4 is 5.01 Å². The van der Waals surface area contributed by atoms with E-state index in [0.717, 1.165) is 13.1 Å². The Kier molecular flexibility index (Phi) is 3.39. The first-order valence-corrected chi connectivity index (χ1v) is 9.46. The molecule has 0 spiro atoms. The molecule has 2 unspecified atom stereocenters. The Balaban J connectivity index is 1.69. The van der Waals surface area contributed by atoms with E-state index in [9.17, 15) is 0 Å². The Morgan fingerprint density at radius 1 is 0.960 bits per heavy atom. The second kappa shape index (κ2) is 5.63. The fourth-order valence-electron chi connectivity index (χ4n) is 4.83. The van der Waals surface area contributed by atoms with E-state index >= 15 is 0 Å². The van der Waals surface area contributed by atoms with Crippen molar-refractivity contribution in [1.29, 1.82) is 0 Å². The van der Waals surface area contributed by atoms with Crippen molar-refractivity contribution in [3.05, 3.63) is 65.4 Å². The molecule has 5 rings (SSSR count). The Morgan fingerprint density at radius 2 is 1.68 bits per heavy atom. The van der Waals surface area contributed by atoms with Crippen molar-refractivity contribution in [3.63, 3.8) is 0 Å². The van der Waals surface area contributed by atoms with E-state index in [4.69, 9.17) is 0 Å². The second-order valence-electron chi connectivity index (χ2n) is 7.51. The van der Waals surface area contributed by atoms with Gasteiger partial charge >= 0.3 is 0 Å². The molecule has 2 aromatic carbocycles. The maximum Gasteiger partial charge on any atom is 0.0925 e. The number of nitrogens with one attached hydrogen (secondary N) is 1. The summed E-state index contributed by atoms with van der Waals surface area (Å²) >= 11 is 0. The number of para-hydroxylation sites is 2. The third-order valence-electron chi connectivity index (χ3n) is 6.10. The van der Waals surface area contributed by atoms with Crippen LogP contribution in [0.1, 0.15) is 48.5 Å². The smallest absolute Gasteiger partial charge is 0.0925 e. The minimum atomic E-state index is 0.350. The van der Waals surface area contributed by atoms with Crippen molar-refractivity contribution < 1.29 is 0 Å². The highest BCUT2D eigenvalue weighted by molar-refractivity contribution is 5.85. The molecule has 1 fully saturated rings. The SMILES string of the molecule is Cc1c(C2C(C)c3ccccc3N2N2CCCC2)[nH]c2ccccc12. The predicted molar refractivity (Wildman–Crippen MR) is 104 cm³/mol. The third-order valence-corrected chi connectivity index (χ3v) is 6.10. The van der Waals surface area contributed by atoms with E-state index in [2.05, 4.69) is 77.4 Å². The van der Waals surface area contributed by atoms with E-state index < -0.39 is 0 Å². The van der Waals surface area contributed by atoms with E-state index in [0.29, 0.717) is 12.0 Å². The second-order valence-corrected chi connectivity index (χ2v) is 7.51. The van der Waals surface area contributed by atoms with Crippen LogP contribution in [-0.4, -0.2) is 23.1 Å². The summed E-state index contributed by atoms with van der Waals surface area (Å²) < 4.78 is 0. The Labute approximate surface area is 149 Å². The van der Waals surface area contributed by atoms with Crippen LogP contribution in [0.2, 0.25) is 0 Å². The van der Waals surface area contributed by atoms with Crippen LogP contribution in [0.5, 0.6) is 0 Å². The van der Waals surface area contributed by atoms with Gasteiger partial charge in [0.25, 0.3) is 0 Å². The van der Waals surface area contributed by atoms with Crippen LogP contribution in [0, 0.1) is 6.92 Å². The number of aromatic amines is 1. The maximum atomic E-state index is 3.76. The molecular formula is C22H25N3. The average molecular weight is 331 g/mol. The van der Waals surface area contributed by atoms with Crippen molar-refractivity contribution in [2.45, 2.75) is 38.6 Å². The molecule has 0 saturated carbocycles. The van der Waals surface area contributed by atoms with Crippen LogP contribution in [-0.2, 0) is 0 Å². The molecule has 1 N–H and O–H groups in total. The lowest BCUT2D eigenvalue weighted by Crippen LogP contribution is -2.42. The normalized spacial score (nSPS) is 23.5. The molecule has 3 nitrogen and oxygen atoms in total. The zero-order chi connectivity index (χ0) is 17.0. The van der Waals surface area contributed by atoms with Crippen LogP contribution in [0.25, 0.3) is 10.9 Å². The molecule has 1 aromatic heterocycles. The Bertz CT molecular complexity index is 920. The number of anilines is 1. The number of nitrogens with zero attached hydrogens (tertiary/aromatic N) is 2. The van der Waals surface area contributed by atoms with Gasteiger partial charge in [0.15, 0.2) is 0 Å². The first-order chi connectivity index (χ1) is 12.3. The zero-order valence-electron chi connectivity index (χ0n) is 15.0. The van der Waals surface area contributed by atoms with E-state index in [-0.39, 0.29) is 0 Å². The molecule has 0 radical (unpaired) electrons. The number of benzene rings is 2. The molecule has 3 aromatic rings. The molecule has 0 aliphatic carbocycles. The van der Waals surface area contributed by atoms with Crippen molar-refractivity contribution in [2.75, 3.05) is 18.1 Å². The summed E-state index contributed by atoms with van der Waals surface area (Å²) in [4.78, 5) is 3.76. The molecular weight excluding hydrogens is 306 g/mol. The highest BCUT2D eigenvalue weighted by Crippen LogP contribution is 2.50. The minimum Gasteiger partial charge on any atom is -0.356 e. The lowest BCUT2D eigenvalue weighted by molar-refractivity contribution is 0.271. The largest absolute Gasteiger partial charge is 0.356 e. The fraction of sp³-hybridized carbons (Fsp3) is 0.364. The number of aromatic nitrogens is 1. The zero-order valence-corrected chi connectivity index (χ0v) is 15.0. The van der Waals surface area contributed by atoms with Crippen molar-refractivity contribution in [1.82, 2.24) is 9.99 Å². The van der Waals surface area contributed by atoms with Crippen molar-refractivity contribution >= 4 is 16.6 Å². The first-order valence-electron chi connectivity index (χ1n) is 9.46.